The summed E-state index contributed by atoms with van der Waals surface area (Å²) >= 11 is 0. The lowest BCUT2D eigenvalue weighted by molar-refractivity contribution is 0.385. The molecule has 1 heterocycles. The summed E-state index contributed by atoms with van der Waals surface area (Å²) in [6.45, 7) is 3.80. The molecule has 0 unspecified atom stereocenters. The molecule has 0 spiro atoms. The molecule has 3 aromatic rings. The third-order valence-corrected chi connectivity index (χ3v) is 4.42. The lowest BCUT2D eigenvalue weighted by Crippen LogP contribution is -2.24. The second-order valence-electron chi connectivity index (χ2n) is 6.54. The number of rotatable bonds is 5. The standard InChI is InChI=1S/C21H24N2O/c1-16-9-4-6-11-18(16)21-19-12-7-5-10-17(19)15-20(24)23(21)14-8-13-22(2)3/h4-7,9-12,15H,8,13-14H2,1-3H3. The molecule has 0 atom stereocenters. The van der Waals surface area contributed by atoms with Crippen molar-refractivity contribution in [3.8, 4) is 11.3 Å². The quantitative estimate of drug-likeness (QED) is 0.712. The maximum absolute atomic E-state index is 12.8. The molecule has 124 valence electrons. The number of fused-ring (bicyclic) bond motifs is 1. The highest BCUT2D eigenvalue weighted by Crippen LogP contribution is 2.29. The summed E-state index contributed by atoms with van der Waals surface area (Å²) in [5.74, 6) is 0. The van der Waals surface area contributed by atoms with E-state index in [2.05, 4.69) is 44.1 Å². The number of aryl methyl sites for hydroxylation is 1. The molecule has 0 fully saturated rings. The average molecular weight is 320 g/mol. The molecule has 3 nitrogen and oxygen atoms in total. The Kier molecular flexibility index (Phi) is 4.81. The van der Waals surface area contributed by atoms with Gasteiger partial charge in [0, 0.05) is 23.6 Å². The highest BCUT2D eigenvalue weighted by molar-refractivity contribution is 5.95. The Labute approximate surface area is 143 Å². The van der Waals surface area contributed by atoms with Crippen LogP contribution in [0.1, 0.15) is 12.0 Å². The smallest absolute Gasteiger partial charge is 0.251 e. The van der Waals surface area contributed by atoms with Crippen molar-refractivity contribution < 1.29 is 0 Å². The van der Waals surface area contributed by atoms with E-state index in [9.17, 15) is 4.79 Å². The van der Waals surface area contributed by atoms with Crippen LogP contribution in [0, 0.1) is 6.92 Å². The van der Waals surface area contributed by atoms with Gasteiger partial charge in [-0.3, -0.25) is 4.79 Å². The molecular formula is C21H24N2O. The van der Waals surface area contributed by atoms with Gasteiger partial charge in [0.25, 0.3) is 5.56 Å². The fourth-order valence-corrected chi connectivity index (χ4v) is 3.20. The number of aromatic nitrogens is 1. The molecule has 2 aromatic carbocycles. The Morgan fingerprint density at radius 2 is 1.71 bits per heavy atom. The summed E-state index contributed by atoms with van der Waals surface area (Å²) in [5, 5.41) is 2.14. The van der Waals surface area contributed by atoms with E-state index in [4.69, 9.17) is 0 Å². The Morgan fingerprint density at radius 3 is 2.46 bits per heavy atom. The predicted octanol–water partition coefficient (Wildman–Crippen LogP) is 3.93. The van der Waals surface area contributed by atoms with Gasteiger partial charge < -0.3 is 9.47 Å². The van der Waals surface area contributed by atoms with Gasteiger partial charge >= 0.3 is 0 Å². The molecule has 0 bridgehead atoms. The lowest BCUT2D eigenvalue weighted by atomic mass is 9.99. The normalized spacial score (nSPS) is 11.3. The van der Waals surface area contributed by atoms with Gasteiger partial charge in [0.05, 0.1) is 5.69 Å². The van der Waals surface area contributed by atoms with Crippen molar-refractivity contribution in [2.75, 3.05) is 20.6 Å². The van der Waals surface area contributed by atoms with Crippen LogP contribution in [0.4, 0.5) is 0 Å². The zero-order chi connectivity index (χ0) is 17.1. The molecule has 0 saturated heterocycles. The SMILES string of the molecule is Cc1ccccc1-c1c2ccccc2cc(=O)n1CCCN(C)C. The van der Waals surface area contributed by atoms with Crippen LogP contribution in [0.5, 0.6) is 0 Å². The molecular weight excluding hydrogens is 296 g/mol. The summed E-state index contributed by atoms with van der Waals surface area (Å²) in [5.41, 5.74) is 3.44. The minimum absolute atomic E-state index is 0.0747. The first kappa shape index (κ1) is 16.5. The molecule has 1 aromatic heterocycles. The van der Waals surface area contributed by atoms with E-state index in [1.807, 2.05) is 34.9 Å². The van der Waals surface area contributed by atoms with Gasteiger partial charge in [-0.05, 0) is 44.9 Å². The second kappa shape index (κ2) is 7.02. The van der Waals surface area contributed by atoms with Crippen molar-refractivity contribution in [2.24, 2.45) is 0 Å². The van der Waals surface area contributed by atoms with Crippen molar-refractivity contribution in [3.63, 3.8) is 0 Å². The monoisotopic (exact) mass is 320 g/mol. The molecule has 3 heteroatoms. The topological polar surface area (TPSA) is 25.2 Å². The summed E-state index contributed by atoms with van der Waals surface area (Å²) in [6, 6.07) is 18.2. The molecule has 0 saturated carbocycles. The third-order valence-electron chi connectivity index (χ3n) is 4.42. The van der Waals surface area contributed by atoms with Crippen molar-refractivity contribution in [3.05, 3.63) is 70.5 Å². The van der Waals surface area contributed by atoms with Gasteiger partial charge in [-0.15, -0.1) is 0 Å². The van der Waals surface area contributed by atoms with E-state index >= 15 is 0 Å². The molecule has 0 radical (unpaired) electrons. The van der Waals surface area contributed by atoms with Crippen LogP contribution in [-0.4, -0.2) is 30.1 Å². The van der Waals surface area contributed by atoms with Gasteiger partial charge in [-0.1, -0.05) is 48.5 Å². The maximum atomic E-state index is 12.8. The van der Waals surface area contributed by atoms with E-state index in [0.29, 0.717) is 0 Å². The fraction of sp³-hybridized carbons (Fsp3) is 0.286. The van der Waals surface area contributed by atoms with Gasteiger partial charge in [0.2, 0.25) is 0 Å². The van der Waals surface area contributed by atoms with Gasteiger partial charge in [0.15, 0.2) is 0 Å². The molecule has 24 heavy (non-hydrogen) atoms. The average Bonchev–Trinajstić information content (AvgIpc) is 2.56. The zero-order valence-electron chi connectivity index (χ0n) is 14.6. The Bertz CT molecular complexity index is 909. The van der Waals surface area contributed by atoms with Crippen LogP contribution >= 0.6 is 0 Å². The molecule has 0 amide bonds. The Morgan fingerprint density at radius 1 is 1.00 bits per heavy atom. The maximum Gasteiger partial charge on any atom is 0.251 e. The van der Waals surface area contributed by atoms with Crippen molar-refractivity contribution in [2.45, 2.75) is 19.9 Å². The number of hydrogen-bond acceptors (Lipinski definition) is 2. The van der Waals surface area contributed by atoms with Crippen LogP contribution in [0.3, 0.4) is 0 Å². The Balaban J connectivity index is 2.22. The number of nitrogens with zero attached hydrogens (tertiary/aromatic N) is 2. The van der Waals surface area contributed by atoms with Crippen LogP contribution in [0.2, 0.25) is 0 Å². The second-order valence-corrected chi connectivity index (χ2v) is 6.54. The molecule has 0 aliphatic heterocycles. The predicted molar refractivity (Wildman–Crippen MR) is 102 cm³/mol. The van der Waals surface area contributed by atoms with Crippen LogP contribution in [-0.2, 0) is 6.54 Å². The van der Waals surface area contributed by atoms with Crippen LogP contribution < -0.4 is 5.56 Å². The van der Waals surface area contributed by atoms with E-state index in [-0.39, 0.29) is 5.56 Å². The van der Waals surface area contributed by atoms with E-state index in [1.54, 1.807) is 6.07 Å². The first-order valence-corrected chi connectivity index (χ1v) is 8.41. The summed E-state index contributed by atoms with van der Waals surface area (Å²) < 4.78 is 1.94. The number of pyridine rings is 1. The van der Waals surface area contributed by atoms with E-state index < -0.39 is 0 Å². The zero-order valence-corrected chi connectivity index (χ0v) is 14.6. The van der Waals surface area contributed by atoms with Gasteiger partial charge in [-0.25, -0.2) is 0 Å². The molecule has 0 N–H and O–H groups in total. The highest BCUT2D eigenvalue weighted by atomic mass is 16.1. The first-order chi connectivity index (χ1) is 11.6. The minimum atomic E-state index is 0.0747. The van der Waals surface area contributed by atoms with Crippen molar-refractivity contribution in [1.29, 1.82) is 0 Å². The first-order valence-electron chi connectivity index (χ1n) is 8.41. The number of hydrogen-bond donors (Lipinski definition) is 0. The van der Waals surface area contributed by atoms with E-state index in [1.165, 1.54) is 5.56 Å². The van der Waals surface area contributed by atoms with Crippen molar-refractivity contribution >= 4 is 10.8 Å². The molecule has 0 aliphatic rings. The van der Waals surface area contributed by atoms with Gasteiger partial charge in [0.1, 0.15) is 0 Å². The van der Waals surface area contributed by atoms with Crippen molar-refractivity contribution in [1.82, 2.24) is 9.47 Å². The third kappa shape index (κ3) is 3.26. The fourth-order valence-electron chi connectivity index (χ4n) is 3.20. The summed E-state index contributed by atoms with van der Waals surface area (Å²) in [6.07, 6.45) is 0.949. The number of benzene rings is 2. The Hall–Kier alpha value is -2.39. The summed E-state index contributed by atoms with van der Waals surface area (Å²) in [7, 11) is 4.12. The molecule has 0 aliphatic carbocycles. The van der Waals surface area contributed by atoms with Gasteiger partial charge in [-0.2, -0.15) is 0 Å². The van der Waals surface area contributed by atoms with Crippen LogP contribution in [0.25, 0.3) is 22.0 Å². The van der Waals surface area contributed by atoms with E-state index in [0.717, 1.165) is 41.5 Å². The lowest BCUT2D eigenvalue weighted by Gasteiger charge is -2.18. The largest absolute Gasteiger partial charge is 0.309 e. The molecule has 3 rings (SSSR count). The minimum Gasteiger partial charge on any atom is -0.309 e. The highest BCUT2D eigenvalue weighted by Gasteiger charge is 2.13. The van der Waals surface area contributed by atoms with Crippen LogP contribution in [0.15, 0.2) is 59.4 Å². The summed E-state index contributed by atoms with van der Waals surface area (Å²) in [4.78, 5) is 14.9.